The van der Waals surface area contributed by atoms with E-state index in [9.17, 15) is 4.79 Å². The third-order valence-corrected chi connectivity index (χ3v) is 5.44. The molecule has 1 aliphatic rings. The molecule has 2 aromatic heterocycles. The molecule has 3 aromatic rings. The third-order valence-electron chi connectivity index (χ3n) is 5.44. The zero-order valence-corrected chi connectivity index (χ0v) is 16.9. The summed E-state index contributed by atoms with van der Waals surface area (Å²) in [4.78, 5) is 24.3. The van der Waals surface area contributed by atoms with E-state index < -0.39 is 5.97 Å². The summed E-state index contributed by atoms with van der Waals surface area (Å²) >= 11 is 0. The van der Waals surface area contributed by atoms with E-state index in [4.69, 9.17) is 5.11 Å². The number of carboxylic acid groups (broad SMARTS) is 1. The molecule has 154 valence electrons. The van der Waals surface area contributed by atoms with Crippen LogP contribution in [0.2, 0.25) is 0 Å². The van der Waals surface area contributed by atoms with E-state index in [1.54, 1.807) is 6.20 Å². The molecule has 30 heavy (non-hydrogen) atoms. The quantitative estimate of drug-likeness (QED) is 0.551. The van der Waals surface area contributed by atoms with E-state index in [2.05, 4.69) is 25.6 Å². The van der Waals surface area contributed by atoms with Crippen molar-refractivity contribution in [3.8, 4) is 11.1 Å². The van der Waals surface area contributed by atoms with Crippen LogP contribution in [0, 0.1) is 12.8 Å². The van der Waals surface area contributed by atoms with Crippen LogP contribution in [0.15, 0.2) is 54.9 Å². The summed E-state index contributed by atoms with van der Waals surface area (Å²) in [5.74, 6) is 0.508. The fourth-order valence-electron chi connectivity index (χ4n) is 3.76. The first-order chi connectivity index (χ1) is 14.6. The summed E-state index contributed by atoms with van der Waals surface area (Å²) in [6, 6.07) is 14.2. The number of aryl methyl sites for hydroxylation is 1. The van der Waals surface area contributed by atoms with Gasteiger partial charge in [0.05, 0.1) is 5.92 Å². The Morgan fingerprint density at radius 2 is 1.87 bits per heavy atom. The molecule has 4 rings (SSSR count). The molecule has 0 spiro atoms. The van der Waals surface area contributed by atoms with Gasteiger partial charge in [0.1, 0.15) is 5.82 Å². The Morgan fingerprint density at radius 3 is 2.57 bits per heavy atom. The van der Waals surface area contributed by atoms with Crippen molar-refractivity contribution in [2.45, 2.75) is 38.6 Å². The molecule has 0 amide bonds. The van der Waals surface area contributed by atoms with Gasteiger partial charge < -0.3 is 15.7 Å². The molecular formula is C23H25N5O2. The number of anilines is 3. The highest BCUT2D eigenvalue weighted by Crippen LogP contribution is 2.28. The van der Waals surface area contributed by atoms with Crippen molar-refractivity contribution in [3.05, 3.63) is 60.6 Å². The topological polar surface area (TPSA) is 100 Å². The number of carboxylic acids is 1. The highest BCUT2D eigenvalue weighted by Gasteiger charge is 2.25. The summed E-state index contributed by atoms with van der Waals surface area (Å²) in [5.41, 5.74) is 3.89. The average molecular weight is 403 g/mol. The lowest BCUT2D eigenvalue weighted by Crippen LogP contribution is -2.29. The van der Waals surface area contributed by atoms with Crippen LogP contribution in [-0.2, 0) is 4.79 Å². The monoisotopic (exact) mass is 403 g/mol. The second-order valence-corrected chi connectivity index (χ2v) is 7.69. The Labute approximate surface area is 175 Å². The van der Waals surface area contributed by atoms with Crippen molar-refractivity contribution in [3.63, 3.8) is 0 Å². The molecule has 7 heteroatoms. The highest BCUT2D eigenvalue weighted by molar-refractivity contribution is 5.70. The molecule has 2 heterocycles. The molecule has 3 N–H and O–H groups in total. The van der Waals surface area contributed by atoms with Gasteiger partial charge in [-0.2, -0.15) is 0 Å². The SMILES string of the molecule is Cc1ccnc(Nc2cccc(-c3ccc(N[C@H]4CC[C@H](C(=O)O)CC4)nc3)c2)n1. The van der Waals surface area contributed by atoms with Crippen LogP contribution in [0.3, 0.4) is 0 Å². The van der Waals surface area contributed by atoms with Crippen LogP contribution in [0.1, 0.15) is 31.4 Å². The Kier molecular flexibility index (Phi) is 5.88. The lowest BCUT2D eigenvalue weighted by atomic mass is 9.86. The van der Waals surface area contributed by atoms with Gasteiger partial charge in [-0.05, 0) is 68.5 Å². The molecule has 1 aromatic carbocycles. The maximum absolute atomic E-state index is 11.1. The van der Waals surface area contributed by atoms with Crippen molar-refractivity contribution < 1.29 is 9.90 Å². The van der Waals surface area contributed by atoms with Crippen LogP contribution in [0.5, 0.6) is 0 Å². The summed E-state index contributed by atoms with van der Waals surface area (Å²) in [6.07, 6.45) is 6.74. The molecule has 7 nitrogen and oxygen atoms in total. The number of carbonyl (C=O) groups is 1. The van der Waals surface area contributed by atoms with Gasteiger partial charge in [-0.1, -0.05) is 12.1 Å². The van der Waals surface area contributed by atoms with Crippen LogP contribution in [0.4, 0.5) is 17.5 Å². The molecule has 0 unspecified atom stereocenters. The van der Waals surface area contributed by atoms with Crippen molar-refractivity contribution in [2.24, 2.45) is 5.92 Å². The van der Waals surface area contributed by atoms with Gasteiger partial charge in [-0.25, -0.2) is 15.0 Å². The van der Waals surface area contributed by atoms with E-state index in [1.807, 2.05) is 55.6 Å². The fourth-order valence-corrected chi connectivity index (χ4v) is 3.76. The number of nitrogens with zero attached hydrogens (tertiary/aromatic N) is 3. The van der Waals surface area contributed by atoms with E-state index >= 15 is 0 Å². The number of hydrogen-bond acceptors (Lipinski definition) is 6. The molecule has 0 saturated heterocycles. The Morgan fingerprint density at radius 1 is 1.03 bits per heavy atom. The number of pyridine rings is 1. The Hall–Kier alpha value is -3.48. The van der Waals surface area contributed by atoms with Gasteiger partial charge in [0, 0.05) is 35.4 Å². The first-order valence-corrected chi connectivity index (χ1v) is 10.2. The van der Waals surface area contributed by atoms with Gasteiger partial charge in [-0.3, -0.25) is 4.79 Å². The standard InChI is InChI=1S/C23H25N5O2/c1-15-11-12-24-23(26-15)28-20-4-2-3-17(13-20)18-7-10-21(25-14-18)27-19-8-5-16(6-9-19)22(29)30/h2-4,7,10-14,16,19H,5-6,8-9H2,1H3,(H,25,27)(H,29,30)(H,24,26,28)/t16-,19-. The van der Waals surface area contributed by atoms with E-state index in [0.717, 1.165) is 54.0 Å². The first kappa shape index (κ1) is 19.8. The van der Waals surface area contributed by atoms with Crippen molar-refractivity contribution >= 4 is 23.4 Å². The highest BCUT2D eigenvalue weighted by atomic mass is 16.4. The number of aromatic nitrogens is 3. The van der Waals surface area contributed by atoms with Crippen molar-refractivity contribution in [2.75, 3.05) is 10.6 Å². The fraction of sp³-hybridized carbons (Fsp3) is 0.304. The Bertz CT molecular complexity index is 1010. The zero-order valence-electron chi connectivity index (χ0n) is 16.9. The smallest absolute Gasteiger partial charge is 0.306 e. The largest absolute Gasteiger partial charge is 0.481 e. The minimum atomic E-state index is -0.679. The lowest BCUT2D eigenvalue weighted by Gasteiger charge is -2.27. The predicted molar refractivity (Wildman–Crippen MR) is 117 cm³/mol. The molecule has 0 aliphatic heterocycles. The number of nitrogens with one attached hydrogen (secondary N) is 2. The second-order valence-electron chi connectivity index (χ2n) is 7.69. The van der Waals surface area contributed by atoms with Gasteiger partial charge in [-0.15, -0.1) is 0 Å². The van der Waals surface area contributed by atoms with Crippen LogP contribution >= 0.6 is 0 Å². The minimum absolute atomic E-state index is 0.204. The molecule has 1 fully saturated rings. The minimum Gasteiger partial charge on any atom is -0.481 e. The summed E-state index contributed by atoms with van der Waals surface area (Å²) in [7, 11) is 0. The van der Waals surface area contributed by atoms with E-state index in [-0.39, 0.29) is 12.0 Å². The number of aliphatic carboxylic acids is 1. The van der Waals surface area contributed by atoms with Gasteiger partial charge >= 0.3 is 5.97 Å². The normalized spacial score (nSPS) is 18.6. The third kappa shape index (κ3) is 4.92. The van der Waals surface area contributed by atoms with Crippen LogP contribution in [-0.4, -0.2) is 32.1 Å². The number of rotatable bonds is 6. The molecule has 0 bridgehead atoms. The first-order valence-electron chi connectivity index (χ1n) is 10.2. The zero-order chi connectivity index (χ0) is 20.9. The molecule has 1 saturated carbocycles. The summed E-state index contributed by atoms with van der Waals surface area (Å²) in [6.45, 7) is 1.93. The molecule has 0 radical (unpaired) electrons. The Balaban J connectivity index is 1.40. The van der Waals surface area contributed by atoms with Crippen molar-refractivity contribution in [1.29, 1.82) is 0 Å². The molecular weight excluding hydrogens is 378 g/mol. The summed E-state index contributed by atoms with van der Waals surface area (Å²) in [5, 5.41) is 15.8. The molecule has 1 aliphatic carbocycles. The van der Waals surface area contributed by atoms with E-state index in [0.29, 0.717) is 5.95 Å². The predicted octanol–water partition coefficient (Wildman–Crippen LogP) is 4.65. The van der Waals surface area contributed by atoms with Crippen LogP contribution in [0.25, 0.3) is 11.1 Å². The summed E-state index contributed by atoms with van der Waals surface area (Å²) < 4.78 is 0. The van der Waals surface area contributed by atoms with Gasteiger partial charge in [0.25, 0.3) is 0 Å². The molecule has 0 atom stereocenters. The van der Waals surface area contributed by atoms with E-state index in [1.165, 1.54) is 0 Å². The van der Waals surface area contributed by atoms with Crippen LogP contribution < -0.4 is 10.6 Å². The average Bonchev–Trinajstić information content (AvgIpc) is 2.75. The number of benzene rings is 1. The lowest BCUT2D eigenvalue weighted by molar-refractivity contribution is -0.142. The maximum atomic E-state index is 11.1. The number of hydrogen-bond donors (Lipinski definition) is 3. The van der Waals surface area contributed by atoms with Crippen molar-refractivity contribution in [1.82, 2.24) is 15.0 Å². The van der Waals surface area contributed by atoms with Gasteiger partial charge in [0.15, 0.2) is 0 Å². The van der Waals surface area contributed by atoms with Gasteiger partial charge in [0.2, 0.25) is 5.95 Å². The maximum Gasteiger partial charge on any atom is 0.306 e. The second kappa shape index (κ2) is 8.90.